The number of aryl methyl sites for hydroxylation is 1. The first-order valence-electron chi connectivity index (χ1n) is 8.74. The van der Waals surface area contributed by atoms with Gasteiger partial charge >= 0.3 is 6.18 Å². The quantitative estimate of drug-likeness (QED) is 0.725. The van der Waals surface area contributed by atoms with Crippen molar-refractivity contribution in [3.05, 3.63) is 16.5 Å². The number of alkyl halides is 3. The van der Waals surface area contributed by atoms with Gasteiger partial charge in [-0.05, 0) is 36.8 Å². The molecular weight excluding hydrogens is 397 g/mol. The molecule has 2 heterocycles. The van der Waals surface area contributed by atoms with Gasteiger partial charge in [0, 0.05) is 11.9 Å². The number of carbonyl (C=O) groups excluding carboxylic acids is 1. The zero-order valence-electron chi connectivity index (χ0n) is 15.1. The van der Waals surface area contributed by atoms with Crippen LogP contribution in [0.25, 0.3) is 10.7 Å². The number of thiophene rings is 1. The molecule has 2 aromatic heterocycles. The van der Waals surface area contributed by atoms with Crippen LogP contribution in [0.15, 0.2) is 11.2 Å². The van der Waals surface area contributed by atoms with Crippen LogP contribution >= 0.6 is 23.1 Å². The fourth-order valence-electron chi connectivity index (χ4n) is 3.09. The van der Waals surface area contributed by atoms with Gasteiger partial charge in [0.25, 0.3) is 0 Å². The first kappa shape index (κ1) is 20.2. The summed E-state index contributed by atoms with van der Waals surface area (Å²) in [5, 5.41) is 10.7. The Labute approximate surface area is 163 Å². The molecule has 1 N–H and O–H groups in total. The van der Waals surface area contributed by atoms with Crippen LogP contribution < -0.4 is 5.32 Å². The molecule has 5 nitrogen and oxygen atoms in total. The third-order valence-electron chi connectivity index (χ3n) is 4.64. The van der Waals surface area contributed by atoms with Crippen LogP contribution in [0.4, 0.5) is 13.2 Å². The molecule has 0 radical (unpaired) electrons. The fourth-order valence-corrected chi connectivity index (χ4v) is 5.06. The Kier molecular flexibility index (Phi) is 6.15. The summed E-state index contributed by atoms with van der Waals surface area (Å²) in [5.74, 6) is 0.641. The first-order chi connectivity index (χ1) is 12.8. The van der Waals surface area contributed by atoms with Gasteiger partial charge in [-0.2, -0.15) is 13.2 Å². The van der Waals surface area contributed by atoms with Crippen molar-refractivity contribution in [3.63, 3.8) is 0 Å². The molecule has 0 unspecified atom stereocenters. The third-order valence-corrected chi connectivity index (χ3v) is 6.89. The topological polar surface area (TPSA) is 59.8 Å². The van der Waals surface area contributed by atoms with E-state index in [1.54, 1.807) is 23.0 Å². The molecule has 1 aliphatic carbocycles. The number of hydrogen-bond donors (Lipinski definition) is 1. The summed E-state index contributed by atoms with van der Waals surface area (Å²) >= 11 is 2.80. The number of hydrogen-bond acceptors (Lipinski definition) is 5. The summed E-state index contributed by atoms with van der Waals surface area (Å²) in [5.41, 5.74) is 1.39. The van der Waals surface area contributed by atoms with E-state index in [2.05, 4.69) is 23.2 Å². The monoisotopic (exact) mass is 418 g/mol. The largest absolute Gasteiger partial charge is 0.405 e. The van der Waals surface area contributed by atoms with Gasteiger partial charge in [0.2, 0.25) is 5.91 Å². The van der Waals surface area contributed by atoms with Gasteiger partial charge in [-0.1, -0.05) is 25.1 Å². The Morgan fingerprint density at radius 2 is 2.22 bits per heavy atom. The van der Waals surface area contributed by atoms with E-state index in [0.717, 1.165) is 41.2 Å². The smallest absolute Gasteiger partial charge is 0.346 e. The summed E-state index contributed by atoms with van der Waals surface area (Å²) in [7, 11) is 1.80. The number of thioether (sulfide) groups is 1. The summed E-state index contributed by atoms with van der Waals surface area (Å²) in [6.45, 7) is 0.899. The molecule has 10 heteroatoms. The number of aromatic nitrogens is 3. The second kappa shape index (κ2) is 8.22. The zero-order chi connectivity index (χ0) is 19.6. The molecule has 148 valence electrons. The lowest BCUT2D eigenvalue weighted by Crippen LogP contribution is -2.34. The molecule has 0 saturated carbocycles. The van der Waals surface area contributed by atoms with Gasteiger partial charge < -0.3 is 9.88 Å². The Hall–Kier alpha value is -1.55. The third kappa shape index (κ3) is 5.04. The van der Waals surface area contributed by atoms with Crippen LogP contribution in [0.1, 0.15) is 30.2 Å². The lowest BCUT2D eigenvalue weighted by atomic mass is 9.87. The van der Waals surface area contributed by atoms with Crippen molar-refractivity contribution in [2.24, 2.45) is 13.0 Å². The van der Waals surface area contributed by atoms with Gasteiger partial charge in [0.1, 0.15) is 6.54 Å². The summed E-state index contributed by atoms with van der Waals surface area (Å²) < 4.78 is 38.2. The zero-order valence-corrected chi connectivity index (χ0v) is 16.7. The molecule has 0 saturated heterocycles. The number of amides is 1. The second-order valence-electron chi connectivity index (χ2n) is 6.62. The van der Waals surface area contributed by atoms with Crippen molar-refractivity contribution in [3.8, 4) is 10.7 Å². The van der Waals surface area contributed by atoms with E-state index < -0.39 is 18.6 Å². The summed E-state index contributed by atoms with van der Waals surface area (Å²) in [6.07, 6.45) is 0.189. The van der Waals surface area contributed by atoms with Gasteiger partial charge in [0.15, 0.2) is 11.0 Å². The molecule has 0 aliphatic heterocycles. The summed E-state index contributed by atoms with van der Waals surface area (Å²) in [4.78, 5) is 14.0. The molecular formula is C17H21F3N4OS2. The maximum Gasteiger partial charge on any atom is 0.405 e. The van der Waals surface area contributed by atoms with Gasteiger partial charge in [-0.3, -0.25) is 4.79 Å². The van der Waals surface area contributed by atoms with E-state index in [1.165, 1.54) is 23.3 Å². The van der Waals surface area contributed by atoms with E-state index in [1.807, 2.05) is 5.32 Å². The lowest BCUT2D eigenvalue weighted by Gasteiger charge is -2.19. The van der Waals surface area contributed by atoms with Crippen molar-refractivity contribution in [1.82, 2.24) is 20.1 Å². The van der Waals surface area contributed by atoms with Gasteiger partial charge in [-0.15, -0.1) is 21.5 Å². The summed E-state index contributed by atoms with van der Waals surface area (Å²) in [6, 6.07) is 2.18. The Morgan fingerprint density at radius 1 is 1.44 bits per heavy atom. The number of carbonyl (C=O) groups is 1. The predicted octanol–water partition coefficient (Wildman–Crippen LogP) is 3.83. The molecule has 0 aromatic carbocycles. The molecule has 0 bridgehead atoms. The molecule has 1 aliphatic rings. The highest BCUT2D eigenvalue weighted by molar-refractivity contribution is 7.99. The maximum atomic E-state index is 12.1. The number of halogens is 3. The normalized spacial score (nSPS) is 17.0. The van der Waals surface area contributed by atoms with E-state index in [-0.39, 0.29) is 5.75 Å². The minimum atomic E-state index is -4.41. The minimum absolute atomic E-state index is 0.138. The van der Waals surface area contributed by atoms with Crippen molar-refractivity contribution >= 4 is 29.0 Å². The van der Waals surface area contributed by atoms with Crippen molar-refractivity contribution in [1.29, 1.82) is 0 Å². The molecule has 1 atom stereocenters. The average Bonchev–Trinajstić information content (AvgIpc) is 3.19. The van der Waals surface area contributed by atoms with Crippen LogP contribution in [0.3, 0.4) is 0 Å². The highest BCUT2D eigenvalue weighted by Gasteiger charge is 2.28. The Balaban J connectivity index is 1.64. The van der Waals surface area contributed by atoms with Crippen LogP contribution in [0, 0.1) is 5.92 Å². The number of fused-ring (bicyclic) bond motifs is 1. The molecule has 27 heavy (non-hydrogen) atoms. The van der Waals surface area contributed by atoms with Crippen LogP contribution in [0.5, 0.6) is 0 Å². The standard InChI is InChI=1S/C17H21F3N4OS2/c1-3-10-4-5-12-11(6-10)7-13(27-12)15-22-23-16(24(15)2)26-8-14(25)21-9-17(18,19)20/h7,10H,3-6,8-9H2,1-2H3,(H,21,25)/t10-/m1/s1. The van der Waals surface area contributed by atoms with Gasteiger partial charge in [0.05, 0.1) is 10.6 Å². The Morgan fingerprint density at radius 3 is 2.93 bits per heavy atom. The maximum absolute atomic E-state index is 12.1. The SMILES string of the molecule is CC[C@@H]1CCc2sc(-c3nnc(SCC(=O)NCC(F)(F)F)n3C)cc2C1. The number of nitrogens with one attached hydrogen (secondary N) is 1. The molecule has 1 amide bonds. The minimum Gasteiger partial charge on any atom is -0.346 e. The highest BCUT2D eigenvalue weighted by atomic mass is 32.2. The van der Waals surface area contributed by atoms with Crippen LogP contribution in [0.2, 0.25) is 0 Å². The van der Waals surface area contributed by atoms with Crippen molar-refractivity contribution in [2.75, 3.05) is 12.3 Å². The van der Waals surface area contributed by atoms with E-state index >= 15 is 0 Å². The lowest BCUT2D eigenvalue weighted by molar-refractivity contribution is -0.136. The predicted molar refractivity (Wildman–Crippen MR) is 99.9 cm³/mol. The first-order valence-corrected chi connectivity index (χ1v) is 10.5. The van der Waals surface area contributed by atoms with Crippen molar-refractivity contribution < 1.29 is 18.0 Å². The highest BCUT2D eigenvalue weighted by Crippen LogP contribution is 2.37. The molecule has 0 spiro atoms. The van der Waals surface area contributed by atoms with Crippen molar-refractivity contribution in [2.45, 2.75) is 43.9 Å². The Bertz CT molecular complexity index is 816. The van der Waals surface area contributed by atoms with E-state index in [9.17, 15) is 18.0 Å². The second-order valence-corrected chi connectivity index (χ2v) is 8.70. The number of rotatable bonds is 6. The van der Waals surface area contributed by atoms with Crippen LogP contribution in [-0.2, 0) is 24.7 Å². The average molecular weight is 419 g/mol. The molecule has 2 aromatic rings. The fraction of sp³-hybridized carbons (Fsp3) is 0.588. The van der Waals surface area contributed by atoms with E-state index in [0.29, 0.717) is 5.16 Å². The van der Waals surface area contributed by atoms with Gasteiger partial charge in [-0.25, -0.2) is 0 Å². The molecule has 0 fully saturated rings. The number of nitrogens with zero attached hydrogens (tertiary/aromatic N) is 3. The van der Waals surface area contributed by atoms with Crippen LogP contribution in [-0.4, -0.2) is 39.1 Å². The van der Waals surface area contributed by atoms with E-state index in [4.69, 9.17) is 0 Å². The molecule has 3 rings (SSSR count).